The van der Waals surface area contributed by atoms with Gasteiger partial charge in [-0.3, -0.25) is 19.3 Å². The van der Waals surface area contributed by atoms with Crippen LogP contribution >= 0.6 is 0 Å². The molecule has 1 aromatic carbocycles. The van der Waals surface area contributed by atoms with Crippen molar-refractivity contribution in [2.75, 3.05) is 0 Å². The van der Waals surface area contributed by atoms with E-state index in [9.17, 15) is 19.7 Å². The number of nitrogens with zero attached hydrogens (tertiary/aromatic N) is 3. The number of ether oxygens (including phenoxy) is 1. The second kappa shape index (κ2) is 7.61. The van der Waals surface area contributed by atoms with Gasteiger partial charge in [0.1, 0.15) is 12.3 Å². The molecule has 0 aliphatic heterocycles. The molecular weight excluding hydrogens is 350 g/mol. The smallest absolute Gasteiger partial charge is 0.331 e. The molecule has 0 spiro atoms. The molecule has 0 unspecified atom stereocenters. The molecule has 0 aliphatic carbocycles. The predicted octanol–water partition coefficient (Wildman–Crippen LogP) is 2.67. The van der Waals surface area contributed by atoms with Gasteiger partial charge in [0.15, 0.2) is 0 Å². The number of carbonyl (C=O) groups excluding carboxylic acids is 1. The molecule has 8 heteroatoms. The maximum Gasteiger partial charge on any atom is 0.331 e. The number of aromatic nitrogens is 2. The van der Waals surface area contributed by atoms with E-state index in [4.69, 9.17) is 4.74 Å². The Morgan fingerprint density at radius 1 is 1.30 bits per heavy atom. The Morgan fingerprint density at radius 3 is 2.85 bits per heavy atom. The normalized spacial score (nSPS) is 11.0. The van der Waals surface area contributed by atoms with E-state index in [-0.39, 0.29) is 23.4 Å². The van der Waals surface area contributed by atoms with Crippen LogP contribution in [0.3, 0.4) is 0 Å². The summed E-state index contributed by atoms with van der Waals surface area (Å²) in [6.07, 6.45) is 4.03. The van der Waals surface area contributed by atoms with Crippen molar-refractivity contribution in [1.82, 2.24) is 9.38 Å². The molecule has 0 saturated carbocycles. The van der Waals surface area contributed by atoms with E-state index in [0.29, 0.717) is 11.3 Å². The summed E-state index contributed by atoms with van der Waals surface area (Å²) in [6.45, 7) is 1.65. The molecule has 8 nitrogen and oxygen atoms in total. The van der Waals surface area contributed by atoms with Gasteiger partial charge in [0, 0.05) is 24.4 Å². The Kier molecular flexibility index (Phi) is 5.07. The largest absolute Gasteiger partial charge is 0.456 e. The summed E-state index contributed by atoms with van der Waals surface area (Å²) < 4.78 is 6.50. The van der Waals surface area contributed by atoms with E-state index in [1.807, 2.05) is 13.0 Å². The van der Waals surface area contributed by atoms with Crippen LogP contribution in [0.1, 0.15) is 16.8 Å². The fraction of sp³-hybridized carbons (Fsp3) is 0.105. The fourth-order valence-electron chi connectivity index (χ4n) is 2.53. The van der Waals surface area contributed by atoms with Gasteiger partial charge in [-0.15, -0.1) is 0 Å². The lowest BCUT2D eigenvalue weighted by Crippen LogP contribution is -2.17. The van der Waals surface area contributed by atoms with Crippen LogP contribution in [0.25, 0.3) is 11.7 Å². The number of benzene rings is 1. The predicted molar refractivity (Wildman–Crippen MR) is 98.1 cm³/mol. The lowest BCUT2D eigenvalue weighted by Gasteiger charge is -2.06. The monoisotopic (exact) mass is 365 g/mol. The number of nitro groups is 1. The molecule has 2 aromatic heterocycles. The van der Waals surface area contributed by atoms with Gasteiger partial charge in [0.2, 0.25) is 0 Å². The number of hydrogen-bond acceptors (Lipinski definition) is 6. The molecule has 3 aromatic rings. The van der Waals surface area contributed by atoms with E-state index in [2.05, 4.69) is 4.98 Å². The Morgan fingerprint density at radius 2 is 2.07 bits per heavy atom. The molecule has 0 fully saturated rings. The van der Waals surface area contributed by atoms with E-state index in [0.717, 1.165) is 11.6 Å². The third-order valence-electron chi connectivity index (χ3n) is 3.83. The van der Waals surface area contributed by atoms with Crippen molar-refractivity contribution in [2.45, 2.75) is 13.5 Å². The highest BCUT2D eigenvalue weighted by molar-refractivity contribution is 5.87. The van der Waals surface area contributed by atoms with E-state index < -0.39 is 10.9 Å². The summed E-state index contributed by atoms with van der Waals surface area (Å²) in [5.74, 6) is -0.695. The highest BCUT2D eigenvalue weighted by atomic mass is 16.6. The number of rotatable bonds is 5. The van der Waals surface area contributed by atoms with Crippen molar-refractivity contribution >= 4 is 23.4 Å². The van der Waals surface area contributed by atoms with Crippen LogP contribution in [0.2, 0.25) is 0 Å². The first-order valence-corrected chi connectivity index (χ1v) is 8.02. The molecular formula is C19H15N3O5. The summed E-state index contributed by atoms with van der Waals surface area (Å²) in [5.41, 5.74) is 1.54. The van der Waals surface area contributed by atoms with Gasteiger partial charge in [0.05, 0.1) is 16.2 Å². The summed E-state index contributed by atoms with van der Waals surface area (Å²) in [7, 11) is 0. The minimum absolute atomic E-state index is 0.110. The van der Waals surface area contributed by atoms with Crippen LogP contribution in [0.5, 0.6) is 0 Å². The van der Waals surface area contributed by atoms with E-state index in [1.54, 1.807) is 24.4 Å². The van der Waals surface area contributed by atoms with Crippen LogP contribution in [-0.4, -0.2) is 20.3 Å². The number of fused-ring (bicyclic) bond motifs is 1. The zero-order chi connectivity index (χ0) is 19.4. The van der Waals surface area contributed by atoms with Crippen molar-refractivity contribution in [3.8, 4) is 0 Å². The van der Waals surface area contributed by atoms with Gasteiger partial charge in [-0.25, -0.2) is 9.78 Å². The first-order chi connectivity index (χ1) is 13.0. The molecule has 0 aliphatic rings. The van der Waals surface area contributed by atoms with Gasteiger partial charge < -0.3 is 4.74 Å². The maximum absolute atomic E-state index is 12.1. The molecule has 0 atom stereocenters. The van der Waals surface area contributed by atoms with Crippen LogP contribution in [0.15, 0.2) is 59.5 Å². The minimum Gasteiger partial charge on any atom is -0.456 e. The van der Waals surface area contributed by atoms with Crippen LogP contribution in [-0.2, 0) is 16.1 Å². The van der Waals surface area contributed by atoms with Crippen molar-refractivity contribution in [1.29, 1.82) is 0 Å². The van der Waals surface area contributed by atoms with Gasteiger partial charge in [-0.1, -0.05) is 18.2 Å². The average molecular weight is 365 g/mol. The Labute approximate surface area is 153 Å². The molecule has 27 heavy (non-hydrogen) atoms. The van der Waals surface area contributed by atoms with Crippen LogP contribution < -0.4 is 5.56 Å². The summed E-state index contributed by atoms with van der Waals surface area (Å²) in [5, 5.41) is 11.0. The lowest BCUT2D eigenvalue weighted by atomic mass is 10.1. The quantitative estimate of drug-likeness (QED) is 0.298. The minimum atomic E-state index is -0.695. The third-order valence-corrected chi connectivity index (χ3v) is 3.83. The van der Waals surface area contributed by atoms with E-state index >= 15 is 0 Å². The topological polar surface area (TPSA) is 104 Å². The van der Waals surface area contributed by atoms with Crippen molar-refractivity contribution in [2.24, 2.45) is 0 Å². The third kappa shape index (κ3) is 4.06. The molecule has 3 rings (SSSR count). The molecule has 0 bridgehead atoms. The van der Waals surface area contributed by atoms with Crippen molar-refractivity contribution < 1.29 is 14.5 Å². The second-order valence-electron chi connectivity index (χ2n) is 5.73. The standard InChI is InChI=1S/C19H15N3O5/c1-13-5-4-10-21-17(23)11-15(20-19(13)21)12-27-18(24)9-8-14-6-2-3-7-16(14)22(25)26/h2-11H,12H2,1H3/b9-8+. The zero-order valence-corrected chi connectivity index (χ0v) is 14.4. The first kappa shape index (κ1) is 18.0. The highest BCUT2D eigenvalue weighted by Gasteiger charge is 2.10. The zero-order valence-electron chi connectivity index (χ0n) is 14.4. The van der Waals surface area contributed by atoms with Crippen LogP contribution in [0.4, 0.5) is 5.69 Å². The molecule has 136 valence electrons. The first-order valence-electron chi connectivity index (χ1n) is 8.02. The summed E-state index contributed by atoms with van der Waals surface area (Å²) in [6, 6.07) is 10.9. The number of esters is 1. The summed E-state index contributed by atoms with van der Waals surface area (Å²) in [4.78, 5) is 38.8. The van der Waals surface area contributed by atoms with Gasteiger partial charge in [-0.2, -0.15) is 0 Å². The number of para-hydroxylation sites is 1. The number of nitro benzene ring substituents is 1. The maximum atomic E-state index is 12.1. The second-order valence-corrected chi connectivity index (χ2v) is 5.73. The van der Waals surface area contributed by atoms with Gasteiger partial charge >= 0.3 is 5.97 Å². The van der Waals surface area contributed by atoms with E-state index in [1.165, 1.54) is 28.7 Å². The number of hydrogen-bond donors (Lipinski definition) is 0. The van der Waals surface area contributed by atoms with Crippen molar-refractivity contribution in [3.63, 3.8) is 0 Å². The Bertz CT molecular complexity index is 1120. The van der Waals surface area contributed by atoms with Crippen LogP contribution in [0, 0.1) is 17.0 Å². The molecule has 0 radical (unpaired) electrons. The van der Waals surface area contributed by atoms with Crippen molar-refractivity contribution in [3.05, 3.63) is 92.0 Å². The Hall–Kier alpha value is -3.81. The average Bonchev–Trinajstić information content (AvgIpc) is 2.65. The Balaban J connectivity index is 1.73. The van der Waals surface area contributed by atoms with Gasteiger partial charge in [0.25, 0.3) is 11.2 Å². The molecule has 0 amide bonds. The molecule has 2 heterocycles. The number of pyridine rings is 1. The molecule has 0 saturated heterocycles. The number of aryl methyl sites for hydroxylation is 1. The van der Waals surface area contributed by atoms with Gasteiger partial charge in [-0.05, 0) is 30.7 Å². The molecule has 0 N–H and O–H groups in total. The summed E-state index contributed by atoms with van der Waals surface area (Å²) >= 11 is 0. The lowest BCUT2D eigenvalue weighted by molar-refractivity contribution is -0.385. The highest BCUT2D eigenvalue weighted by Crippen LogP contribution is 2.19. The fourth-order valence-corrected chi connectivity index (χ4v) is 2.53. The number of carbonyl (C=O) groups is 1. The SMILES string of the molecule is Cc1cccn2c(=O)cc(COC(=O)/C=C/c3ccccc3[N+](=O)[O-])nc12.